The molecule has 1 aliphatic rings. The third kappa shape index (κ3) is 3.02. The van der Waals surface area contributed by atoms with Crippen LogP contribution in [0.1, 0.15) is 54.8 Å². The number of benzene rings is 2. The molecule has 21 heavy (non-hydrogen) atoms. The van der Waals surface area contributed by atoms with Gasteiger partial charge in [-0.25, -0.2) is 0 Å². The van der Waals surface area contributed by atoms with E-state index in [2.05, 4.69) is 73.9 Å². The summed E-state index contributed by atoms with van der Waals surface area (Å²) in [4.78, 5) is 0. The van der Waals surface area contributed by atoms with Gasteiger partial charge in [0.1, 0.15) is 0 Å². The molecule has 0 saturated heterocycles. The minimum Gasteiger partial charge on any atom is -0.271 e. The molecular formula is C19H24N2. The van der Waals surface area contributed by atoms with Crippen LogP contribution >= 0.6 is 0 Å². The van der Waals surface area contributed by atoms with E-state index in [1.165, 1.54) is 23.1 Å². The molecule has 2 aromatic rings. The molecule has 1 saturated carbocycles. The predicted molar refractivity (Wildman–Crippen MR) is 87.9 cm³/mol. The average molecular weight is 280 g/mol. The maximum atomic E-state index is 5.83. The molecular weight excluding hydrogens is 256 g/mol. The van der Waals surface area contributed by atoms with Gasteiger partial charge in [0.25, 0.3) is 0 Å². The van der Waals surface area contributed by atoms with Crippen LogP contribution in [-0.4, -0.2) is 0 Å². The van der Waals surface area contributed by atoms with Gasteiger partial charge >= 0.3 is 0 Å². The first-order valence-electron chi connectivity index (χ1n) is 7.81. The van der Waals surface area contributed by atoms with Gasteiger partial charge in [-0.3, -0.25) is 11.3 Å². The minimum atomic E-state index is 0.247. The molecule has 2 aromatic carbocycles. The Hall–Kier alpha value is -1.64. The minimum absolute atomic E-state index is 0.247. The summed E-state index contributed by atoms with van der Waals surface area (Å²) < 4.78 is 0. The van der Waals surface area contributed by atoms with Gasteiger partial charge in [0.05, 0.1) is 0 Å². The van der Waals surface area contributed by atoms with Crippen LogP contribution < -0.4 is 11.3 Å². The number of hydrogen-bond donors (Lipinski definition) is 2. The predicted octanol–water partition coefficient (Wildman–Crippen LogP) is 4.12. The molecule has 3 N–H and O–H groups in total. The van der Waals surface area contributed by atoms with E-state index < -0.39 is 0 Å². The van der Waals surface area contributed by atoms with Crippen LogP contribution in [0.15, 0.2) is 54.6 Å². The SMILES string of the molecule is CC(C)c1ccc(C(NN)C2CC2c2ccccc2)cc1. The second-order valence-corrected chi connectivity index (χ2v) is 6.38. The van der Waals surface area contributed by atoms with Crippen LogP contribution in [0.3, 0.4) is 0 Å². The molecule has 0 bridgehead atoms. The molecule has 0 heterocycles. The lowest BCUT2D eigenvalue weighted by Crippen LogP contribution is -2.29. The van der Waals surface area contributed by atoms with Crippen molar-refractivity contribution in [3.8, 4) is 0 Å². The highest BCUT2D eigenvalue weighted by Crippen LogP contribution is 2.53. The molecule has 2 heteroatoms. The number of nitrogens with two attached hydrogens (primary N) is 1. The van der Waals surface area contributed by atoms with E-state index in [-0.39, 0.29) is 6.04 Å². The van der Waals surface area contributed by atoms with Crippen molar-refractivity contribution >= 4 is 0 Å². The fourth-order valence-corrected chi connectivity index (χ4v) is 3.22. The third-order valence-corrected chi connectivity index (χ3v) is 4.64. The van der Waals surface area contributed by atoms with Crippen molar-refractivity contribution in [3.05, 3.63) is 71.3 Å². The molecule has 0 aromatic heterocycles. The largest absolute Gasteiger partial charge is 0.271 e. The second-order valence-electron chi connectivity index (χ2n) is 6.38. The Labute approximate surface area is 127 Å². The van der Waals surface area contributed by atoms with Gasteiger partial charge in [-0.2, -0.15) is 0 Å². The summed E-state index contributed by atoms with van der Waals surface area (Å²) in [5.41, 5.74) is 7.14. The van der Waals surface area contributed by atoms with E-state index in [1.807, 2.05) is 0 Å². The van der Waals surface area contributed by atoms with Gasteiger partial charge in [-0.1, -0.05) is 68.4 Å². The highest BCUT2D eigenvalue weighted by atomic mass is 15.2. The fraction of sp³-hybridized carbons (Fsp3) is 0.368. The summed E-state index contributed by atoms with van der Waals surface area (Å²) in [6.07, 6.45) is 1.21. The van der Waals surface area contributed by atoms with Gasteiger partial charge in [0, 0.05) is 6.04 Å². The van der Waals surface area contributed by atoms with Gasteiger partial charge in [-0.15, -0.1) is 0 Å². The van der Waals surface area contributed by atoms with Crippen LogP contribution in [0.2, 0.25) is 0 Å². The maximum absolute atomic E-state index is 5.83. The van der Waals surface area contributed by atoms with E-state index in [9.17, 15) is 0 Å². The van der Waals surface area contributed by atoms with Gasteiger partial charge in [-0.05, 0) is 40.9 Å². The molecule has 110 valence electrons. The van der Waals surface area contributed by atoms with Crippen molar-refractivity contribution in [1.82, 2.24) is 5.43 Å². The Balaban J connectivity index is 1.74. The number of rotatable bonds is 5. The first kappa shape index (κ1) is 14.3. The Kier molecular flexibility index (Phi) is 4.09. The van der Waals surface area contributed by atoms with Crippen LogP contribution in [0.4, 0.5) is 0 Å². The Morgan fingerprint density at radius 3 is 2.14 bits per heavy atom. The molecule has 3 rings (SSSR count). The van der Waals surface area contributed by atoms with Crippen LogP contribution in [0.25, 0.3) is 0 Å². The lowest BCUT2D eigenvalue weighted by atomic mass is 9.96. The zero-order chi connectivity index (χ0) is 14.8. The van der Waals surface area contributed by atoms with Gasteiger partial charge in [0.2, 0.25) is 0 Å². The standard InChI is InChI=1S/C19H24N2/c1-13(2)14-8-10-16(11-9-14)19(21-20)18-12-17(18)15-6-4-3-5-7-15/h3-11,13,17-19,21H,12,20H2,1-2H3. The Morgan fingerprint density at radius 1 is 0.952 bits per heavy atom. The van der Waals surface area contributed by atoms with E-state index in [4.69, 9.17) is 5.84 Å². The molecule has 1 aliphatic carbocycles. The molecule has 0 amide bonds. The number of hydrogen-bond acceptors (Lipinski definition) is 2. The summed E-state index contributed by atoms with van der Waals surface area (Å²) in [7, 11) is 0. The van der Waals surface area contributed by atoms with Crippen molar-refractivity contribution in [2.24, 2.45) is 11.8 Å². The zero-order valence-electron chi connectivity index (χ0n) is 12.8. The molecule has 1 fully saturated rings. The first-order valence-corrected chi connectivity index (χ1v) is 7.81. The average Bonchev–Trinajstić information content (AvgIpc) is 3.30. The zero-order valence-corrected chi connectivity index (χ0v) is 12.8. The number of hydrazine groups is 1. The topological polar surface area (TPSA) is 38.0 Å². The van der Waals surface area contributed by atoms with Crippen molar-refractivity contribution in [3.63, 3.8) is 0 Å². The quantitative estimate of drug-likeness (QED) is 0.638. The smallest absolute Gasteiger partial charge is 0.0494 e. The van der Waals surface area contributed by atoms with Crippen molar-refractivity contribution in [2.45, 2.75) is 38.1 Å². The van der Waals surface area contributed by atoms with Crippen molar-refractivity contribution < 1.29 is 0 Å². The second kappa shape index (κ2) is 6.00. The van der Waals surface area contributed by atoms with E-state index in [0.29, 0.717) is 17.8 Å². The molecule has 2 nitrogen and oxygen atoms in total. The Morgan fingerprint density at radius 2 is 1.57 bits per heavy atom. The van der Waals surface area contributed by atoms with E-state index in [1.54, 1.807) is 0 Å². The normalized spacial score (nSPS) is 22.3. The summed E-state index contributed by atoms with van der Waals surface area (Å²) in [6, 6.07) is 19.9. The molecule has 3 atom stereocenters. The number of nitrogens with one attached hydrogen (secondary N) is 1. The summed E-state index contributed by atoms with van der Waals surface area (Å²) in [5, 5.41) is 0. The maximum Gasteiger partial charge on any atom is 0.0494 e. The lowest BCUT2D eigenvalue weighted by molar-refractivity contribution is 0.487. The van der Waals surface area contributed by atoms with Crippen molar-refractivity contribution in [2.75, 3.05) is 0 Å². The third-order valence-electron chi connectivity index (χ3n) is 4.64. The van der Waals surface area contributed by atoms with Crippen LogP contribution in [0, 0.1) is 5.92 Å². The monoisotopic (exact) mass is 280 g/mol. The molecule has 0 radical (unpaired) electrons. The summed E-state index contributed by atoms with van der Waals surface area (Å²) in [5.74, 6) is 7.64. The molecule has 0 spiro atoms. The van der Waals surface area contributed by atoms with Gasteiger partial charge in [0.15, 0.2) is 0 Å². The lowest BCUT2D eigenvalue weighted by Gasteiger charge is -2.17. The van der Waals surface area contributed by atoms with E-state index >= 15 is 0 Å². The van der Waals surface area contributed by atoms with Gasteiger partial charge < -0.3 is 0 Å². The molecule has 0 aliphatic heterocycles. The summed E-state index contributed by atoms with van der Waals surface area (Å²) in [6.45, 7) is 4.44. The summed E-state index contributed by atoms with van der Waals surface area (Å²) >= 11 is 0. The molecule has 3 unspecified atom stereocenters. The van der Waals surface area contributed by atoms with Crippen LogP contribution in [-0.2, 0) is 0 Å². The van der Waals surface area contributed by atoms with Crippen molar-refractivity contribution in [1.29, 1.82) is 0 Å². The highest BCUT2D eigenvalue weighted by Gasteiger charge is 2.43. The van der Waals surface area contributed by atoms with Crippen LogP contribution in [0.5, 0.6) is 0 Å². The first-order chi connectivity index (χ1) is 10.2. The highest BCUT2D eigenvalue weighted by molar-refractivity contribution is 5.32. The van der Waals surface area contributed by atoms with E-state index in [0.717, 1.165) is 0 Å². The Bertz CT molecular complexity index is 574. The fourth-order valence-electron chi connectivity index (χ4n) is 3.22.